The van der Waals surface area contributed by atoms with Crippen molar-refractivity contribution in [3.63, 3.8) is 0 Å². The highest BCUT2D eigenvalue weighted by atomic mass is 16.5. The topological polar surface area (TPSA) is 29.5 Å². The molecule has 0 atom stereocenters. The molecule has 2 nitrogen and oxygen atoms in total. The minimum absolute atomic E-state index is 0.167. The van der Waals surface area contributed by atoms with Crippen LogP contribution < -0.4 is 0 Å². The summed E-state index contributed by atoms with van der Waals surface area (Å²) in [5.74, 6) is 0.625. The van der Waals surface area contributed by atoms with Crippen molar-refractivity contribution in [3.8, 4) is 0 Å². The number of ether oxygens (including phenoxy) is 1. The van der Waals surface area contributed by atoms with Crippen LogP contribution in [0.15, 0.2) is 36.3 Å². The number of aliphatic hydroxyl groups excluding tert-OH is 1. The Balaban J connectivity index is 0. The number of allylic oxidation sites excluding steroid dienone is 4. The summed E-state index contributed by atoms with van der Waals surface area (Å²) in [5.41, 5.74) is 0. The summed E-state index contributed by atoms with van der Waals surface area (Å²) in [6.45, 7) is 9.04. The highest BCUT2D eigenvalue weighted by Crippen LogP contribution is 2.02. The largest absolute Gasteiger partial charge is 0.509 e. The van der Waals surface area contributed by atoms with E-state index in [1.54, 1.807) is 25.2 Å². The molecule has 0 heterocycles. The number of aliphatic hydroxyl groups is 1. The Bertz CT molecular complexity index is 163. The predicted octanol–water partition coefficient (Wildman–Crippen LogP) is 3.19. The maximum Gasteiger partial charge on any atom is 0.155 e. The molecule has 0 rings (SSSR count). The molecule has 0 aliphatic carbocycles. The normalized spacial score (nSPS) is 11.3. The van der Waals surface area contributed by atoms with Crippen molar-refractivity contribution >= 4 is 0 Å². The Morgan fingerprint density at radius 1 is 1.42 bits per heavy atom. The Morgan fingerprint density at radius 3 is 2.17 bits per heavy atom. The lowest BCUT2D eigenvalue weighted by atomic mass is 10.4. The summed E-state index contributed by atoms with van der Waals surface area (Å²) in [5, 5.41) is 8.91. The fourth-order valence-electron chi connectivity index (χ4n) is 0.492. The van der Waals surface area contributed by atoms with Crippen molar-refractivity contribution in [1.82, 2.24) is 0 Å². The molecule has 0 spiro atoms. The molecule has 70 valence electrons. The van der Waals surface area contributed by atoms with Crippen molar-refractivity contribution in [3.05, 3.63) is 36.3 Å². The van der Waals surface area contributed by atoms with Gasteiger partial charge in [0.1, 0.15) is 5.76 Å². The van der Waals surface area contributed by atoms with Gasteiger partial charge in [0.15, 0.2) is 5.76 Å². The third kappa shape index (κ3) is 6.93. The van der Waals surface area contributed by atoms with Crippen LogP contribution in [0.3, 0.4) is 0 Å². The molecule has 0 bridgehead atoms. The monoisotopic (exact) mass is 170 g/mol. The molecule has 0 aliphatic rings. The third-order valence-corrected chi connectivity index (χ3v) is 0.960. The van der Waals surface area contributed by atoms with Crippen molar-refractivity contribution in [2.24, 2.45) is 0 Å². The van der Waals surface area contributed by atoms with Gasteiger partial charge in [0, 0.05) is 0 Å². The van der Waals surface area contributed by atoms with E-state index in [0.717, 1.165) is 0 Å². The van der Waals surface area contributed by atoms with E-state index in [0.29, 0.717) is 5.76 Å². The third-order valence-electron chi connectivity index (χ3n) is 0.960. The van der Waals surface area contributed by atoms with Crippen molar-refractivity contribution in [2.75, 3.05) is 7.11 Å². The molecule has 0 amide bonds. The van der Waals surface area contributed by atoms with Gasteiger partial charge in [0.05, 0.1) is 7.11 Å². The highest BCUT2D eigenvalue weighted by Gasteiger charge is 1.92. The van der Waals surface area contributed by atoms with Gasteiger partial charge in [-0.05, 0) is 13.0 Å². The minimum Gasteiger partial charge on any atom is -0.509 e. The number of hydrogen-bond donors (Lipinski definition) is 1. The minimum atomic E-state index is 0.167. The first-order valence-corrected chi connectivity index (χ1v) is 3.95. The average Bonchev–Trinajstić information content (AvgIpc) is 2.09. The van der Waals surface area contributed by atoms with Crippen LogP contribution in [0.5, 0.6) is 0 Å². The molecule has 12 heavy (non-hydrogen) atoms. The molecule has 0 saturated heterocycles. The maximum atomic E-state index is 8.91. The molecule has 2 heteroatoms. The Kier molecular flexibility index (Phi) is 11.0. The lowest BCUT2D eigenvalue weighted by Gasteiger charge is -1.99. The smallest absolute Gasteiger partial charge is 0.155 e. The molecule has 0 fully saturated rings. The molecule has 0 saturated carbocycles. The molecule has 1 N–H and O–H groups in total. The molecule has 0 aliphatic heterocycles. The zero-order valence-electron chi connectivity index (χ0n) is 8.29. The van der Waals surface area contributed by atoms with Crippen LogP contribution in [0, 0.1) is 0 Å². The van der Waals surface area contributed by atoms with Crippen LogP contribution in [-0.2, 0) is 4.74 Å². The van der Waals surface area contributed by atoms with E-state index in [1.165, 1.54) is 7.11 Å². The molecular weight excluding hydrogens is 152 g/mol. The molecule has 0 unspecified atom stereocenters. The summed E-state index contributed by atoms with van der Waals surface area (Å²) in [6.07, 6.45) is 4.95. The lowest BCUT2D eigenvalue weighted by molar-refractivity contribution is 0.269. The average molecular weight is 170 g/mol. The number of hydrogen-bond acceptors (Lipinski definition) is 2. The second-order valence-electron chi connectivity index (χ2n) is 1.75. The van der Waals surface area contributed by atoms with E-state index in [2.05, 4.69) is 6.58 Å². The van der Waals surface area contributed by atoms with Crippen molar-refractivity contribution in [2.45, 2.75) is 20.8 Å². The Labute approximate surface area is 74.9 Å². The van der Waals surface area contributed by atoms with Gasteiger partial charge in [-0.3, -0.25) is 0 Å². The zero-order chi connectivity index (χ0) is 9.98. The predicted molar refractivity (Wildman–Crippen MR) is 53.0 cm³/mol. The summed E-state index contributed by atoms with van der Waals surface area (Å²) in [6, 6.07) is 0. The van der Waals surface area contributed by atoms with Crippen LogP contribution in [0.25, 0.3) is 0 Å². The Hall–Kier alpha value is -1.18. The van der Waals surface area contributed by atoms with Crippen molar-refractivity contribution < 1.29 is 9.84 Å². The fraction of sp³-hybridized carbons (Fsp3) is 0.400. The molecule has 0 aromatic carbocycles. The first kappa shape index (κ1) is 13.4. The first-order chi connectivity index (χ1) is 5.72. The highest BCUT2D eigenvalue weighted by molar-refractivity contribution is 5.17. The Morgan fingerprint density at radius 2 is 1.92 bits per heavy atom. The lowest BCUT2D eigenvalue weighted by Crippen LogP contribution is -1.86. The van der Waals surface area contributed by atoms with E-state index in [4.69, 9.17) is 9.84 Å². The number of rotatable bonds is 3. The van der Waals surface area contributed by atoms with Gasteiger partial charge >= 0.3 is 0 Å². The van der Waals surface area contributed by atoms with Crippen LogP contribution in [0.4, 0.5) is 0 Å². The van der Waals surface area contributed by atoms with Gasteiger partial charge < -0.3 is 9.84 Å². The van der Waals surface area contributed by atoms with E-state index in [-0.39, 0.29) is 5.76 Å². The van der Waals surface area contributed by atoms with Gasteiger partial charge in [-0.2, -0.15) is 0 Å². The summed E-state index contributed by atoms with van der Waals surface area (Å²) >= 11 is 0. The van der Waals surface area contributed by atoms with Crippen LogP contribution in [0.1, 0.15) is 20.8 Å². The van der Waals surface area contributed by atoms with Gasteiger partial charge in [-0.25, -0.2) is 0 Å². The van der Waals surface area contributed by atoms with Gasteiger partial charge in [0.25, 0.3) is 0 Å². The summed E-state index contributed by atoms with van der Waals surface area (Å²) in [7, 11) is 1.50. The van der Waals surface area contributed by atoms with E-state index < -0.39 is 0 Å². The number of methoxy groups -OCH3 is 1. The zero-order valence-corrected chi connectivity index (χ0v) is 8.29. The molecular formula is C10H18O2. The standard InChI is InChI=1S/C8H12O2.C2H6/c1-4-5-6-8(10-3)7(2)9;1-2/h4-6,9H,1H2,2-3H3;1-2H3/b6-5-,8-7-;. The molecule has 0 aromatic rings. The first-order valence-electron chi connectivity index (χ1n) is 3.95. The fourth-order valence-corrected chi connectivity index (χ4v) is 0.492. The van der Waals surface area contributed by atoms with E-state index in [9.17, 15) is 0 Å². The van der Waals surface area contributed by atoms with Crippen LogP contribution >= 0.6 is 0 Å². The molecule has 0 aromatic heterocycles. The van der Waals surface area contributed by atoms with Gasteiger partial charge in [-0.15, -0.1) is 0 Å². The summed E-state index contributed by atoms with van der Waals surface area (Å²) < 4.78 is 4.81. The van der Waals surface area contributed by atoms with Crippen molar-refractivity contribution in [1.29, 1.82) is 0 Å². The second-order valence-corrected chi connectivity index (χ2v) is 1.75. The van der Waals surface area contributed by atoms with Crippen LogP contribution in [-0.4, -0.2) is 12.2 Å². The summed E-state index contributed by atoms with van der Waals surface area (Å²) in [4.78, 5) is 0. The maximum absolute atomic E-state index is 8.91. The quantitative estimate of drug-likeness (QED) is 0.520. The van der Waals surface area contributed by atoms with Gasteiger partial charge in [-0.1, -0.05) is 32.6 Å². The van der Waals surface area contributed by atoms with Gasteiger partial charge in [0.2, 0.25) is 0 Å². The van der Waals surface area contributed by atoms with E-state index >= 15 is 0 Å². The molecule has 0 radical (unpaired) electrons. The van der Waals surface area contributed by atoms with E-state index in [1.807, 2.05) is 13.8 Å². The second kappa shape index (κ2) is 9.82. The SMILES string of the molecule is C=C/C=C\C(OC)=C(/C)O.CC. The van der Waals surface area contributed by atoms with Crippen LogP contribution in [0.2, 0.25) is 0 Å².